The van der Waals surface area contributed by atoms with Gasteiger partial charge in [-0.3, -0.25) is 9.79 Å². The summed E-state index contributed by atoms with van der Waals surface area (Å²) in [5.41, 5.74) is 2.03. The number of nitrogens with one attached hydrogen (secondary N) is 2. The molecule has 7 heteroatoms. The van der Waals surface area contributed by atoms with Crippen LogP contribution in [0.15, 0.2) is 29.3 Å². The minimum atomic E-state index is -0.310. The molecule has 2 rings (SSSR count). The number of guanidine groups is 1. The lowest BCUT2D eigenvalue weighted by atomic mass is 9.84. The van der Waals surface area contributed by atoms with Crippen molar-refractivity contribution >= 4 is 35.8 Å². The number of rotatable bonds is 8. The lowest BCUT2D eigenvalue weighted by Gasteiger charge is -2.31. The van der Waals surface area contributed by atoms with Crippen molar-refractivity contribution in [3.8, 4) is 0 Å². The molecule has 164 valence electrons. The lowest BCUT2D eigenvalue weighted by molar-refractivity contribution is -0.138. The molecular weight excluding hydrogens is 479 g/mol. The summed E-state index contributed by atoms with van der Waals surface area (Å²) in [5.74, 6) is 0.937. The number of nitrogens with zero attached hydrogens (tertiary/aromatic N) is 2. The van der Waals surface area contributed by atoms with Crippen LogP contribution in [-0.2, 0) is 22.7 Å². The highest BCUT2D eigenvalue weighted by Gasteiger charge is 2.42. The topological polar surface area (TPSA) is 66.0 Å². The highest BCUT2D eigenvalue weighted by molar-refractivity contribution is 14.0. The molecule has 6 nitrogen and oxygen atoms in total. The monoisotopic (exact) mass is 516 g/mol. The summed E-state index contributed by atoms with van der Waals surface area (Å²) in [7, 11) is 5.44. The van der Waals surface area contributed by atoms with E-state index in [1.165, 1.54) is 5.56 Å². The average molecular weight is 516 g/mol. The number of aliphatic imine (C=N–C) groups is 1. The molecule has 0 aromatic heterocycles. The van der Waals surface area contributed by atoms with Crippen LogP contribution in [0.25, 0.3) is 0 Å². The Morgan fingerprint density at radius 3 is 2.45 bits per heavy atom. The zero-order chi connectivity index (χ0) is 20.6. The van der Waals surface area contributed by atoms with Crippen molar-refractivity contribution in [3.63, 3.8) is 0 Å². The molecule has 1 saturated carbocycles. The second-order valence-electron chi connectivity index (χ2n) is 8.15. The van der Waals surface area contributed by atoms with Crippen molar-refractivity contribution in [1.29, 1.82) is 0 Å². The van der Waals surface area contributed by atoms with E-state index in [1.54, 1.807) is 11.9 Å². The number of halogens is 1. The molecule has 29 heavy (non-hydrogen) atoms. The fourth-order valence-electron chi connectivity index (χ4n) is 3.74. The molecule has 0 spiro atoms. The predicted octanol–water partition coefficient (Wildman–Crippen LogP) is 3.54. The van der Waals surface area contributed by atoms with Crippen molar-refractivity contribution in [2.45, 2.75) is 58.8 Å². The van der Waals surface area contributed by atoms with E-state index in [0.29, 0.717) is 19.7 Å². The third-order valence-corrected chi connectivity index (χ3v) is 5.27. The molecule has 0 aliphatic heterocycles. The van der Waals surface area contributed by atoms with Gasteiger partial charge in [0.15, 0.2) is 5.96 Å². The van der Waals surface area contributed by atoms with Gasteiger partial charge in [-0.25, -0.2) is 0 Å². The molecule has 1 amide bonds. The van der Waals surface area contributed by atoms with Crippen molar-refractivity contribution in [3.05, 3.63) is 35.4 Å². The SMILES string of the molecule is CN=C(NCc1cccc(COC(C)C)c1)NCC1(C(=O)N(C)C)CCCC1.I. The van der Waals surface area contributed by atoms with Crippen LogP contribution in [-0.4, -0.2) is 50.6 Å². The van der Waals surface area contributed by atoms with E-state index < -0.39 is 0 Å². The molecule has 0 bridgehead atoms. The Morgan fingerprint density at radius 2 is 1.86 bits per heavy atom. The Balaban J connectivity index is 0.00000420. The summed E-state index contributed by atoms with van der Waals surface area (Å²) in [5, 5.41) is 6.74. The maximum absolute atomic E-state index is 12.7. The van der Waals surface area contributed by atoms with Crippen molar-refractivity contribution < 1.29 is 9.53 Å². The van der Waals surface area contributed by atoms with Gasteiger partial charge in [-0.05, 0) is 37.8 Å². The number of amides is 1. The number of benzene rings is 1. The molecule has 0 radical (unpaired) electrons. The average Bonchev–Trinajstić information content (AvgIpc) is 3.16. The quantitative estimate of drug-likeness (QED) is 0.315. The zero-order valence-electron chi connectivity index (χ0n) is 18.5. The van der Waals surface area contributed by atoms with Crippen molar-refractivity contribution in [2.24, 2.45) is 10.4 Å². The summed E-state index contributed by atoms with van der Waals surface area (Å²) < 4.78 is 5.69. The molecule has 1 aliphatic carbocycles. The first-order valence-electron chi connectivity index (χ1n) is 10.2. The summed E-state index contributed by atoms with van der Waals surface area (Å²) in [6.07, 6.45) is 4.31. The Hall–Kier alpha value is -1.35. The molecule has 1 aromatic carbocycles. The van der Waals surface area contributed by atoms with E-state index in [4.69, 9.17) is 4.74 Å². The lowest BCUT2D eigenvalue weighted by Crippen LogP contribution is -2.49. The minimum absolute atomic E-state index is 0. The molecule has 0 unspecified atom stereocenters. The van der Waals surface area contributed by atoms with Crippen LogP contribution in [0.5, 0.6) is 0 Å². The van der Waals surface area contributed by atoms with Crippen LogP contribution >= 0.6 is 24.0 Å². The van der Waals surface area contributed by atoms with Crippen LogP contribution in [0.1, 0.15) is 50.7 Å². The van der Waals surface area contributed by atoms with E-state index in [9.17, 15) is 4.79 Å². The van der Waals surface area contributed by atoms with Crippen molar-refractivity contribution in [2.75, 3.05) is 27.7 Å². The number of hydrogen-bond donors (Lipinski definition) is 2. The van der Waals surface area contributed by atoms with Gasteiger partial charge in [0.05, 0.1) is 18.1 Å². The second kappa shape index (κ2) is 12.4. The predicted molar refractivity (Wildman–Crippen MR) is 130 cm³/mol. The van der Waals surface area contributed by atoms with Crippen LogP contribution in [0.4, 0.5) is 0 Å². The summed E-state index contributed by atoms with van der Waals surface area (Å²) in [4.78, 5) is 18.8. The van der Waals surface area contributed by atoms with Gasteiger partial charge >= 0.3 is 0 Å². The van der Waals surface area contributed by atoms with Crippen LogP contribution in [0.3, 0.4) is 0 Å². The van der Waals surface area contributed by atoms with E-state index in [1.807, 2.05) is 27.9 Å². The Morgan fingerprint density at radius 1 is 1.21 bits per heavy atom. The molecule has 0 saturated heterocycles. The van der Waals surface area contributed by atoms with Crippen LogP contribution in [0.2, 0.25) is 0 Å². The molecular formula is C22H37IN4O2. The summed E-state index contributed by atoms with van der Waals surface area (Å²) in [6, 6.07) is 8.37. The van der Waals surface area contributed by atoms with Gasteiger partial charge in [-0.1, -0.05) is 37.1 Å². The number of ether oxygens (including phenoxy) is 1. The third-order valence-electron chi connectivity index (χ3n) is 5.27. The molecule has 2 N–H and O–H groups in total. The normalized spacial score (nSPS) is 15.7. The number of carbonyl (C=O) groups is 1. The molecule has 0 atom stereocenters. The first-order valence-corrected chi connectivity index (χ1v) is 10.2. The summed E-state index contributed by atoms with van der Waals surface area (Å²) in [6.45, 7) is 5.99. The van der Waals surface area contributed by atoms with Gasteiger partial charge in [0.25, 0.3) is 0 Å². The van der Waals surface area contributed by atoms with Gasteiger partial charge < -0.3 is 20.3 Å². The van der Waals surface area contributed by atoms with Crippen LogP contribution < -0.4 is 10.6 Å². The van der Waals surface area contributed by atoms with E-state index in [-0.39, 0.29) is 41.4 Å². The Labute approximate surface area is 192 Å². The van der Waals surface area contributed by atoms with Gasteiger partial charge in [0, 0.05) is 34.2 Å². The number of hydrogen-bond acceptors (Lipinski definition) is 3. The maximum atomic E-state index is 12.7. The van der Waals surface area contributed by atoms with Gasteiger partial charge in [0.1, 0.15) is 0 Å². The minimum Gasteiger partial charge on any atom is -0.374 e. The van der Waals surface area contributed by atoms with E-state index in [0.717, 1.165) is 37.2 Å². The highest BCUT2D eigenvalue weighted by atomic mass is 127. The maximum Gasteiger partial charge on any atom is 0.230 e. The first kappa shape index (κ1) is 25.7. The molecule has 0 heterocycles. The molecule has 1 aromatic rings. The first-order chi connectivity index (χ1) is 13.4. The molecule has 1 fully saturated rings. The van der Waals surface area contributed by atoms with Crippen LogP contribution in [0, 0.1) is 5.41 Å². The highest BCUT2D eigenvalue weighted by Crippen LogP contribution is 2.38. The van der Waals surface area contributed by atoms with E-state index in [2.05, 4.69) is 39.9 Å². The zero-order valence-corrected chi connectivity index (χ0v) is 20.8. The van der Waals surface area contributed by atoms with Gasteiger partial charge in [0.2, 0.25) is 5.91 Å². The fraction of sp³-hybridized carbons (Fsp3) is 0.636. The molecule has 1 aliphatic rings. The van der Waals surface area contributed by atoms with Crippen molar-refractivity contribution in [1.82, 2.24) is 15.5 Å². The van der Waals surface area contributed by atoms with Gasteiger partial charge in [-0.2, -0.15) is 0 Å². The fourth-order valence-corrected chi connectivity index (χ4v) is 3.74. The standard InChI is InChI=1S/C22H36N4O2.HI/c1-17(2)28-15-19-10-8-9-18(13-19)14-24-21(23-3)25-16-22(11-6-7-12-22)20(27)26(4)5;/h8-10,13,17H,6-7,11-12,14-16H2,1-5H3,(H2,23,24,25);1H. The van der Waals surface area contributed by atoms with E-state index >= 15 is 0 Å². The number of carbonyl (C=O) groups excluding carboxylic acids is 1. The Kier molecular flexibility index (Phi) is 11.0. The summed E-state index contributed by atoms with van der Waals surface area (Å²) >= 11 is 0. The third kappa shape index (κ3) is 7.77. The largest absolute Gasteiger partial charge is 0.374 e. The second-order valence-corrected chi connectivity index (χ2v) is 8.15. The smallest absolute Gasteiger partial charge is 0.230 e. The van der Waals surface area contributed by atoms with Gasteiger partial charge in [-0.15, -0.1) is 24.0 Å². The Bertz CT molecular complexity index is 671.